The smallest absolute Gasteiger partial charge is 0.152 e. The summed E-state index contributed by atoms with van der Waals surface area (Å²) in [7, 11) is 0. The van der Waals surface area contributed by atoms with E-state index in [2.05, 4.69) is 4.98 Å². The molecule has 3 aromatic rings. The third-order valence-corrected chi connectivity index (χ3v) is 3.51. The second-order valence-corrected chi connectivity index (χ2v) is 5.27. The molecule has 0 amide bonds. The molecule has 1 aromatic heterocycles. The molecule has 0 aliphatic heterocycles. The van der Waals surface area contributed by atoms with Crippen LogP contribution in [-0.2, 0) is 0 Å². The van der Waals surface area contributed by atoms with E-state index in [-0.39, 0.29) is 0 Å². The lowest BCUT2D eigenvalue weighted by molar-refractivity contribution is 0.112. The molecule has 1 N–H and O–H groups in total. The van der Waals surface area contributed by atoms with E-state index in [1.807, 2.05) is 0 Å². The first kappa shape index (κ1) is 13.2. The summed E-state index contributed by atoms with van der Waals surface area (Å²) in [6.07, 6.45) is 2.28. The van der Waals surface area contributed by atoms with Crippen molar-refractivity contribution in [1.29, 1.82) is 0 Å². The van der Waals surface area contributed by atoms with Crippen LogP contribution in [0.5, 0.6) is 0 Å². The minimum atomic E-state index is -0.400. The van der Waals surface area contributed by atoms with Crippen molar-refractivity contribution < 1.29 is 9.18 Å². The van der Waals surface area contributed by atoms with Gasteiger partial charge in [0.25, 0.3) is 0 Å². The normalized spacial score (nSPS) is 10.9. The van der Waals surface area contributed by atoms with Gasteiger partial charge < -0.3 is 4.98 Å². The number of H-pyrrole nitrogens is 1. The zero-order valence-corrected chi connectivity index (χ0v) is 11.6. The predicted molar refractivity (Wildman–Crippen MR) is 79.1 cm³/mol. The summed E-state index contributed by atoms with van der Waals surface area (Å²) >= 11 is 12.0. The fourth-order valence-corrected chi connectivity index (χ4v) is 2.82. The lowest BCUT2D eigenvalue weighted by Gasteiger charge is -2.07. The van der Waals surface area contributed by atoms with Crippen LogP contribution in [0.4, 0.5) is 4.39 Å². The fraction of sp³-hybridized carbons (Fsp3) is 0. The largest absolute Gasteiger partial charge is 0.360 e. The van der Waals surface area contributed by atoms with Crippen LogP contribution in [0.25, 0.3) is 22.0 Å². The Labute approximate surface area is 124 Å². The van der Waals surface area contributed by atoms with Gasteiger partial charge in [-0.2, -0.15) is 0 Å². The molecule has 3 rings (SSSR count). The van der Waals surface area contributed by atoms with E-state index in [1.165, 1.54) is 12.1 Å². The Morgan fingerprint density at radius 1 is 1.05 bits per heavy atom. The molecule has 0 radical (unpaired) electrons. The number of carbonyl (C=O) groups excluding carboxylic acids is 1. The predicted octanol–water partition coefficient (Wildman–Crippen LogP) is 5.09. The number of halogens is 3. The van der Waals surface area contributed by atoms with Gasteiger partial charge in [0.2, 0.25) is 0 Å². The number of hydrogen-bond donors (Lipinski definition) is 1. The molecule has 0 spiro atoms. The molecule has 0 fully saturated rings. The van der Waals surface area contributed by atoms with Crippen molar-refractivity contribution in [3.05, 3.63) is 58.0 Å². The Bertz CT molecular complexity index is 806. The van der Waals surface area contributed by atoms with Crippen molar-refractivity contribution in [2.75, 3.05) is 0 Å². The number of benzene rings is 2. The Hall–Kier alpha value is -1.84. The molecule has 5 heteroatoms. The first-order valence-electron chi connectivity index (χ1n) is 5.81. The van der Waals surface area contributed by atoms with Crippen molar-refractivity contribution in [3.8, 4) is 11.1 Å². The van der Waals surface area contributed by atoms with Gasteiger partial charge in [-0.3, -0.25) is 4.79 Å². The average Bonchev–Trinajstić information content (AvgIpc) is 2.79. The fourth-order valence-electron chi connectivity index (χ4n) is 2.29. The average molecular weight is 308 g/mol. The van der Waals surface area contributed by atoms with Crippen LogP contribution < -0.4 is 0 Å². The summed E-state index contributed by atoms with van der Waals surface area (Å²) < 4.78 is 13.7. The van der Waals surface area contributed by atoms with E-state index in [9.17, 15) is 9.18 Å². The highest BCUT2D eigenvalue weighted by Gasteiger charge is 2.13. The van der Waals surface area contributed by atoms with Crippen LogP contribution in [0, 0.1) is 5.82 Å². The van der Waals surface area contributed by atoms with Crippen molar-refractivity contribution >= 4 is 40.4 Å². The molecule has 0 atom stereocenters. The van der Waals surface area contributed by atoms with E-state index < -0.39 is 5.82 Å². The van der Waals surface area contributed by atoms with Gasteiger partial charge in [-0.25, -0.2) is 4.39 Å². The summed E-state index contributed by atoms with van der Waals surface area (Å²) in [5.41, 5.74) is 2.26. The van der Waals surface area contributed by atoms with Gasteiger partial charge in [0.1, 0.15) is 5.82 Å². The Kier molecular flexibility index (Phi) is 3.24. The first-order chi connectivity index (χ1) is 9.58. The molecule has 0 unspecified atom stereocenters. The van der Waals surface area contributed by atoms with Crippen molar-refractivity contribution in [1.82, 2.24) is 4.98 Å². The Morgan fingerprint density at radius 3 is 2.40 bits per heavy atom. The Balaban J connectivity index is 2.39. The highest BCUT2D eigenvalue weighted by molar-refractivity contribution is 6.35. The summed E-state index contributed by atoms with van der Waals surface area (Å²) in [6, 6.07) is 7.68. The standard InChI is InChI=1S/C15H8Cl2FNO/c16-10-1-8(2-11(17)3-10)13-4-12(18)5-14-15(13)9(7-20)6-19-14/h1-7,19H. The molecule has 20 heavy (non-hydrogen) atoms. The number of aromatic amines is 1. The second kappa shape index (κ2) is 4.93. The number of nitrogens with one attached hydrogen (secondary N) is 1. The zero-order valence-electron chi connectivity index (χ0n) is 10.1. The lowest BCUT2D eigenvalue weighted by atomic mass is 9.99. The minimum Gasteiger partial charge on any atom is -0.360 e. The topological polar surface area (TPSA) is 32.9 Å². The molecule has 0 aliphatic rings. The van der Waals surface area contributed by atoms with Gasteiger partial charge in [-0.05, 0) is 41.5 Å². The summed E-state index contributed by atoms with van der Waals surface area (Å²) in [5, 5.41) is 1.56. The van der Waals surface area contributed by atoms with Crippen LogP contribution in [0.3, 0.4) is 0 Å². The van der Waals surface area contributed by atoms with Crippen LogP contribution in [0.2, 0.25) is 10.0 Å². The SMILES string of the molecule is O=Cc1c[nH]c2cc(F)cc(-c3cc(Cl)cc(Cl)c3)c12. The molecule has 0 aliphatic carbocycles. The van der Waals surface area contributed by atoms with Crippen LogP contribution in [0.15, 0.2) is 36.5 Å². The van der Waals surface area contributed by atoms with Gasteiger partial charge in [0, 0.05) is 32.7 Å². The maximum atomic E-state index is 13.7. The molecule has 1 heterocycles. The summed E-state index contributed by atoms with van der Waals surface area (Å²) in [6.45, 7) is 0. The van der Waals surface area contributed by atoms with Gasteiger partial charge >= 0.3 is 0 Å². The van der Waals surface area contributed by atoms with Crippen LogP contribution >= 0.6 is 23.2 Å². The highest BCUT2D eigenvalue weighted by atomic mass is 35.5. The van der Waals surface area contributed by atoms with Crippen molar-refractivity contribution in [2.45, 2.75) is 0 Å². The Morgan fingerprint density at radius 2 is 1.75 bits per heavy atom. The molecule has 2 nitrogen and oxygen atoms in total. The van der Waals surface area contributed by atoms with E-state index in [0.717, 1.165) is 6.29 Å². The van der Waals surface area contributed by atoms with Crippen LogP contribution in [-0.4, -0.2) is 11.3 Å². The van der Waals surface area contributed by atoms with Crippen molar-refractivity contribution in [3.63, 3.8) is 0 Å². The number of rotatable bonds is 2. The monoisotopic (exact) mass is 307 g/mol. The van der Waals surface area contributed by atoms with E-state index in [0.29, 0.717) is 37.6 Å². The maximum absolute atomic E-state index is 13.7. The number of fused-ring (bicyclic) bond motifs is 1. The zero-order chi connectivity index (χ0) is 14.3. The maximum Gasteiger partial charge on any atom is 0.152 e. The molecule has 2 aromatic carbocycles. The van der Waals surface area contributed by atoms with Crippen LogP contribution in [0.1, 0.15) is 10.4 Å². The molecule has 0 saturated carbocycles. The first-order valence-corrected chi connectivity index (χ1v) is 6.56. The molecule has 0 bridgehead atoms. The van der Waals surface area contributed by atoms with Gasteiger partial charge in [0.15, 0.2) is 6.29 Å². The third kappa shape index (κ3) is 2.19. The number of aldehydes is 1. The van der Waals surface area contributed by atoms with Gasteiger partial charge in [-0.1, -0.05) is 23.2 Å². The van der Waals surface area contributed by atoms with Gasteiger partial charge in [-0.15, -0.1) is 0 Å². The molecule has 100 valence electrons. The highest BCUT2D eigenvalue weighted by Crippen LogP contribution is 2.34. The van der Waals surface area contributed by atoms with Crippen molar-refractivity contribution in [2.24, 2.45) is 0 Å². The lowest BCUT2D eigenvalue weighted by Crippen LogP contribution is -1.86. The quantitative estimate of drug-likeness (QED) is 0.657. The number of aromatic nitrogens is 1. The third-order valence-electron chi connectivity index (χ3n) is 3.08. The number of carbonyl (C=O) groups is 1. The van der Waals surface area contributed by atoms with Gasteiger partial charge in [0.05, 0.1) is 0 Å². The van der Waals surface area contributed by atoms with E-state index >= 15 is 0 Å². The second-order valence-electron chi connectivity index (χ2n) is 4.40. The molecular formula is C15H8Cl2FNO. The molecular weight excluding hydrogens is 300 g/mol. The van der Waals surface area contributed by atoms with E-state index in [4.69, 9.17) is 23.2 Å². The summed E-state index contributed by atoms with van der Waals surface area (Å²) in [5.74, 6) is -0.400. The minimum absolute atomic E-state index is 0.400. The number of hydrogen-bond acceptors (Lipinski definition) is 1. The molecule has 0 saturated heterocycles. The summed E-state index contributed by atoms with van der Waals surface area (Å²) in [4.78, 5) is 14.0. The van der Waals surface area contributed by atoms with E-state index in [1.54, 1.807) is 24.4 Å².